The molecule has 1 rings (SSSR count). The second-order valence-corrected chi connectivity index (χ2v) is 2.08. The molecule has 3 nitrogen and oxygen atoms in total. The van der Waals surface area contributed by atoms with Gasteiger partial charge in [0, 0.05) is 0 Å². The van der Waals surface area contributed by atoms with Crippen LogP contribution in [0.2, 0.25) is 5.02 Å². The maximum atomic E-state index is 8.95. The van der Waals surface area contributed by atoms with Gasteiger partial charge in [-0.05, 0) is 6.07 Å². The van der Waals surface area contributed by atoms with Crippen LogP contribution in [0.4, 0.5) is 0 Å². The first kappa shape index (κ1) is 12.9. The molecule has 1 aromatic carbocycles. The highest BCUT2D eigenvalue weighted by molar-refractivity contribution is 6.39. The zero-order valence-electron chi connectivity index (χ0n) is 5.63. The Morgan fingerprint density at radius 3 is 2.18 bits per heavy atom. The van der Waals surface area contributed by atoms with Crippen LogP contribution in [-0.4, -0.2) is 23.9 Å². The summed E-state index contributed by atoms with van der Waals surface area (Å²) in [7, 11) is 5.29. The van der Waals surface area contributed by atoms with E-state index in [0.717, 1.165) is 0 Å². The summed E-state index contributed by atoms with van der Waals surface area (Å²) in [6.07, 6.45) is 0. The van der Waals surface area contributed by atoms with Crippen molar-refractivity contribution < 1.29 is 16.1 Å². The van der Waals surface area contributed by atoms with Crippen molar-refractivity contribution in [3.63, 3.8) is 0 Å². The second kappa shape index (κ2) is 5.01. The third-order valence-corrected chi connectivity index (χ3v) is 1.32. The van der Waals surface area contributed by atoms with Gasteiger partial charge in [0.25, 0.3) is 0 Å². The molecule has 0 fully saturated rings. The first-order valence-electron chi connectivity index (χ1n) is 2.45. The first-order chi connectivity index (χ1) is 4.22. The molecule has 0 aliphatic rings. The van der Waals surface area contributed by atoms with Crippen molar-refractivity contribution >= 4 is 24.9 Å². The van der Waals surface area contributed by atoms with Crippen LogP contribution < -0.4 is 5.46 Å². The second-order valence-electron chi connectivity index (χ2n) is 1.68. The van der Waals surface area contributed by atoms with Crippen molar-refractivity contribution in [2.24, 2.45) is 0 Å². The molecular formula is C6H8BClO3. The lowest BCUT2D eigenvalue weighted by atomic mass is 9.95. The smallest absolute Gasteiger partial charge is 0.127 e. The topological polar surface area (TPSA) is 83.2 Å². The van der Waals surface area contributed by atoms with Gasteiger partial charge in [-0.25, -0.2) is 0 Å². The fourth-order valence-corrected chi connectivity index (χ4v) is 0.714. The molecule has 0 saturated carbocycles. The third kappa shape index (κ3) is 2.80. The summed E-state index contributed by atoms with van der Waals surface area (Å²) in [5.74, 6) is -0.0424. The normalized spacial score (nSPS) is 7.73. The third-order valence-electron chi connectivity index (χ3n) is 1.02. The van der Waals surface area contributed by atoms with Crippen LogP contribution >= 0.6 is 11.6 Å². The van der Waals surface area contributed by atoms with Gasteiger partial charge in [-0.2, -0.15) is 0 Å². The number of phenolic OH excluding ortho intramolecular Hbond substituents is 1. The number of rotatable bonds is 0. The highest BCUT2D eigenvalue weighted by Gasteiger charge is 1.96. The molecule has 0 aliphatic carbocycles. The molecule has 0 saturated heterocycles. The Bertz CT molecular complexity index is 209. The predicted molar refractivity (Wildman–Crippen MR) is 45.7 cm³/mol. The molecule has 60 valence electrons. The lowest BCUT2D eigenvalue weighted by molar-refractivity contribution is 0.480. The number of halogens is 1. The molecule has 0 unspecified atom stereocenters. The average Bonchev–Trinajstić information content (AvgIpc) is 1.83. The van der Waals surface area contributed by atoms with E-state index in [0.29, 0.717) is 5.46 Å². The van der Waals surface area contributed by atoms with Crippen molar-refractivity contribution in [1.82, 2.24) is 0 Å². The largest absolute Gasteiger partial charge is 0.507 e. The molecular weight excluding hydrogens is 166 g/mol. The number of hydrogen-bond acceptors (Lipinski definition) is 1. The number of hydrogen-bond donors (Lipinski definition) is 1. The minimum atomic E-state index is -0.0424. The average molecular weight is 174 g/mol. The van der Waals surface area contributed by atoms with Crippen LogP contribution in [0, 0.1) is 0 Å². The van der Waals surface area contributed by atoms with E-state index in [9.17, 15) is 0 Å². The lowest BCUT2D eigenvalue weighted by Crippen LogP contribution is -2.00. The van der Waals surface area contributed by atoms with Crippen LogP contribution in [0.5, 0.6) is 5.75 Å². The summed E-state index contributed by atoms with van der Waals surface area (Å²) >= 11 is 5.48. The van der Waals surface area contributed by atoms with Gasteiger partial charge < -0.3 is 16.1 Å². The Kier molecular flexibility index (Phi) is 5.89. The Morgan fingerprint density at radius 2 is 1.82 bits per heavy atom. The SMILES string of the molecule is O.O.[B]c1cccc(Cl)c1O. The Balaban J connectivity index is 0. The Morgan fingerprint density at radius 1 is 1.27 bits per heavy atom. The van der Waals surface area contributed by atoms with Crippen LogP contribution in [0.15, 0.2) is 18.2 Å². The predicted octanol–water partition coefficient (Wildman–Crippen LogP) is -0.810. The van der Waals surface area contributed by atoms with Gasteiger partial charge in [0.2, 0.25) is 0 Å². The molecule has 11 heavy (non-hydrogen) atoms. The van der Waals surface area contributed by atoms with Gasteiger partial charge in [-0.3, -0.25) is 0 Å². The van der Waals surface area contributed by atoms with Gasteiger partial charge in [0.1, 0.15) is 13.6 Å². The lowest BCUT2D eigenvalue weighted by Gasteiger charge is -1.97. The Hall–Kier alpha value is -0.705. The standard InChI is InChI=1S/C6H4BClO.2H2O/c7-4-2-1-3-5(8)6(4)9;;/h1-3,9H;2*1H2. The van der Waals surface area contributed by atoms with Crippen LogP contribution in [0.3, 0.4) is 0 Å². The van der Waals surface area contributed by atoms with E-state index in [2.05, 4.69) is 0 Å². The molecule has 1 aromatic rings. The molecule has 0 aliphatic heterocycles. The van der Waals surface area contributed by atoms with Crippen molar-refractivity contribution in [1.29, 1.82) is 0 Å². The van der Waals surface area contributed by atoms with E-state index in [4.69, 9.17) is 24.6 Å². The number of benzene rings is 1. The van der Waals surface area contributed by atoms with Crippen LogP contribution in [-0.2, 0) is 0 Å². The van der Waals surface area contributed by atoms with E-state index < -0.39 is 0 Å². The van der Waals surface area contributed by atoms with Gasteiger partial charge in [-0.1, -0.05) is 29.2 Å². The van der Waals surface area contributed by atoms with E-state index in [1.807, 2.05) is 0 Å². The summed E-state index contributed by atoms with van der Waals surface area (Å²) in [6, 6.07) is 4.84. The van der Waals surface area contributed by atoms with E-state index in [1.54, 1.807) is 18.2 Å². The van der Waals surface area contributed by atoms with Crippen molar-refractivity contribution in [3.8, 4) is 5.75 Å². The zero-order valence-corrected chi connectivity index (χ0v) is 6.39. The van der Waals surface area contributed by atoms with Crippen molar-refractivity contribution in [3.05, 3.63) is 23.2 Å². The monoisotopic (exact) mass is 174 g/mol. The minimum absolute atomic E-state index is 0. The minimum Gasteiger partial charge on any atom is -0.507 e. The van der Waals surface area contributed by atoms with Crippen LogP contribution in [0.1, 0.15) is 0 Å². The maximum absolute atomic E-state index is 8.95. The van der Waals surface area contributed by atoms with Crippen molar-refractivity contribution in [2.45, 2.75) is 0 Å². The molecule has 0 spiro atoms. The van der Waals surface area contributed by atoms with Gasteiger partial charge in [0.15, 0.2) is 0 Å². The molecule has 0 heterocycles. The molecule has 5 heteroatoms. The molecule has 0 amide bonds. The highest BCUT2D eigenvalue weighted by atomic mass is 35.5. The number of aromatic hydroxyl groups is 1. The zero-order chi connectivity index (χ0) is 6.85. The maximum Gasteiger partial charge on any atom is 0.127 e. The van der Waals surface area contributed by atoms with Gasteiger partial charge in [-0.15, -0.1) is 0 Å². The fraction of sp³-hybridized carbons (Fsp3) is 0. The number of para-hydroxylation sites is 1. The number of phenols is 1. The van der Waals surface area contributed by atoms with Crippen molar-refractivity contribution in [2.75, 3.05) is 0 Å². The fourth-order valence-electron chi connectivity index (χ4n) is 0.532. The molecule has 0 atom stereocenters. The highest BCUT2D eigenvalue weighted by Crippen LogP contribution is 2.17. The quantitative estimate of drug-likeness (QED) is 0.513. The van der Waals surface area contributed by atoms with E-state index in [1.165, 1.54) is 0 Å². The molecule has 2 radical (unpaired) electrons. The van der Waals surface area contributed by atoms with Gasteiger partial charge >= 0.3 is 0 Å². The Labute approximate surface area is 70.6 Å². The van der Waals surface area contributed by atoms with Gasteiger partial charge in [0.05, 0.1) is 5.02 Å². The summed E-state index contributed by atoms with van der Waals surface area (Å²) in [5, 5.41) is 9.24. The summed E-state index contributed by atoms with van der Waals surface area (Å²) in [5.41, 5.74) is 0.308. The molecule has 0 bridgehead atoms. The summed E-state index contributed by atoms with van der Waals surface area (Å²) in [4.78, 5) is 0. The van der Waals surface area contributed by atoms with Crippen LogP contribution in [0.25, 0.3) is 0 Å². The van der Waals surface area contributed by atoms with E-state index in [-0.39, 0.29) is 21.7 Å². The first-order valence-corrected chi connectivity index (χ1v) is 2.82. The molecule has 0 aromatic heterocycles. The summed E-state index contributed by atoms with van der Waals surface area (Å²) < 4.78 is 0. The molecule has 5 N–H and O–H groups in total. The van der Waals surface area contributed by atoms with E-state index >= 15 is 0 Å². The summed E-state index contributed by atoms with van der Waals surface area (Å²) in [6.45, 7) is 0.